The Hall–Kier alpha value is -2.38. The third-order valence-electron chi connectivity index (χ3n) is 5.72. The zero-order valence-corrected chi connectivity index (χ0v) is 17.7. The summed E-state index contributed by atoms with van der Waals surface area (Å²) in [7, 11) is -3.08. The smallest absolute Gasteiger partial charge is 0.260 e. The molecule has 0 saturated carbocycles. The predicted octanol–water partition coefficient (Wildman–Crippen LogP) is 2.93. The van der Waals surface area contributed by atoms with Gasteiger partial charge in [0.05, 0.1) is 17.6 Å². The lowest BCUT2D eigenvalue weighted by molar-refractivity contribution is -0.137. The summed E-state index contributed by atoms with van der Waals surface area (Å²) in [6, 6.07) is 17.4. The molecule has 2 saturated heterocycles. The second kappa shape index (κ2) is 9.18. The van der Waals surface area contributed by atoms with E-state index >= 15 is 0 Å². The number of carbonyl (C=O) groups excluding carboxylic acids is 1. The molecule has 0 N–H and O–H groups in total. The van der Waals surface area contributed by atoms with Gasteiger partial charge in [-0.1, -0.05) is 42.5 Å². The third kappa shape index (κ3) is 5.21. The molecule has 2 aromatic carbocycles. The van der Waals surface area contributed by atoms with Crippen LogP contribution in [0, 0.1) is 0 Å². The van der Waals surface area contributed by atoms with E-state index in [2.05, 4.69) is 0 Å². The maximum absolute atomic E-state index is 12.9. The summed E-state index contributed by atoms with van der Waals surface area (Å²) in [5, 5.41) is 0. The van der Waals surface area contributed by atoms with Crippen molar-refractivity contribution in [2.24, 2.45) is 0 Å². The lowest BCUT2D eigenvalue weighted by Crippen LogP contribution is -2.47. The molecule has 2 fully saturated rings. The summed E-state index contributed by atoms with van der Waals surface area (Å²) in [5.41, 5.74) is 2.19. The molecule has 7 heteroatoms. The number of sulfone groups is 1. The normalized spacial score (nSPS) is 22.7. The molecule has 2 atom stereocenters. The second-order valence-electron chi connectivity index (χ2n) is 7.92. The Kier molecular flexibility index (Phi) is 6.39. The number of benzene rings is 2. The fraction of sp³-hybridized carbons (Fsp3) is 0.435. The van der Waals surface area contributed by atoms with Crippen molar-refractivity contribution in [3.05, 3.63) is 54.6 Å². The summed E-state index contributed by atoms with van der Waals surface area (Å²) in [5.74, 6) is 0.574. The van der Waals surface area contributed by atoms with Gasteiger partial charge in [-0.2, -0.15) is 0 Å². The molecule has 0 radical (unpaired) electrons. The van der Waals surface area contributed by atoms with Crippen molar-refractivity contribution in [1.29, 1.82) is 0 Å². The van der Waals surface area contributed by atoms with Crippen LogP contribution in [0.25, 0.3) is 11.1 Å². The molecule has 2 aliphatic heterocycles. The molecule has 30 heavy (non-hydrogen) atoms. The first-order chi connectivity index (χ1) is 14.5. The average molecular weight is 430 g/mol. The third-order valence-corrected chi connectivity index (χ3v) is 7.47. The predicted molar refractivity (Wildman–Crippen MR) is 115 cm³/mol. The Morgan fingerprint density at radius 3 is 2.40 bits per heavy atom. The Morgan fingerprint density at radius 1 is 1.03 bits per heavy atom. The van der Waals surface area contributed by atoms with Crippen LogP contribution in [0.4, 0.5) is 0 Å². The van der Waals surface area contributed by atoms with Gasteiger partial charge in [0.2, 0.25) is 0 Å². The average Bonchev–Trinajstić information content (AvgIpc) is 3.40. The first kappa shape index (κ1) is 20.9. The first-order valence-corrected chi connectivity index (χ1v) is 12.2. The summed E-state index contributed by atoms with van der Waals surface area (Å²) in [4.78, 5) is 14.6. The van der Waals surface area contributed by atoms with Crippen LogP contribution in [0.3, 0.4) is 0 Å². The van der Waals surface area contributed by atoms with Gasteiger partial charge in [0, 0.05) is 19.2 Å². The lowest BCUT2D eigenvalue weighted by atomic mass is 10.1. The highest BCUT2D eigenvalue weighted by molar-refractivity contribution is 7.91. The zero-order valence-electron chi connectivity index (χ0n) is 16.9. The van der Waals surface area contributed by atoms with Crippen molar-refractivity contribution in [2.45, 2.75) is 31.4 Å². The highest BCUT2D eigenvalue weighted by Crippen LogP contribution is 2.24. The molecule has 0 unspecified atom stereocenters. The molecule has 0 aromatic heterocycles. The van der Waals surface area contributed by atoms with Crippen molar-refractivity contribution >= 4 is 15.7 Å². The Bertz CT molecular complexity index is 953. The van der Waals surface area contributed by atoms with E-state index in [1.54, 1.807) is 4.90 Å². The maximum Gasteiger partial charge on any atom is 0.260 e. The van der Waals surface area contributed by atoms with E-state index < -0.39 is 9.84 Å². The topological polar surface area (TPSA) is 72.9 Å². The van der Waals surface area contributed by atoms with Crippen molar-refractivity contribution in [3.8, 4) is 16.9 Å². The van der Waals surface area contributed by atoms with Crippen LogP contribution < -0.4 is 4.74 Å². The van der Waals surface area contributed by atoms with E-state index in [1.165, 1.54) is 0 Å². The molecule has 2 heterocycles. The Morgan fingerprint density at radius 2 is 1.77 bits per heavy atom. The highest BCUT2D eigenvalue weighted by Gasteiger charge is 2.36. The Labute approximate surface area is 177 Å². The van der Waals surface area contributed by atoms with Crippen molar-refractivity contribution in [3.63, 3.8) is 0 Å². The zero-order chi connectivity index (χ0) is 21.0. The summed E-state index contributed by atoms with van der Waals surface area (Å²) >= 11 is 0. The standard InChI is InChI=1S/C23H27NO5S/c25-23(16-29-21-10-8-19(9-11-21)18-5-2-1-3-6-18)24(15-22-7-4-13-28-22)20-12-14-30(26,27)17-20/h1-3,5-6,8-11,20,22H,4,7,12-17H2/t20-,22+/m0/s1. The van der Waals surface area contributed by atoms with Crippen LogP contribution in [-0.4, -0.2) is 62.6 Å². The second-order valence-corrected chi connectivity index (χ2v) is 10.1. The minimum Gasteiger partial charge on any atom is -0.484 e. The quantitative estimate of drug-likeness (QED) is 0.677. The van der Waals surface area contributed by atoms with Crippen LogP contribution in [0.15, 0.2) is 54.6 Å². The van der Waals surface area contributed by atoms with E-state index in [-0.39, 0.29) is 36.2 Å². The number of ether oxygens (including phenoxy) is 2. The number of amides is 1. The molecular weight excluding hydrogens is 402 g/mol. The monoisotopic (exact) mass is 429 g/mol. The molecule has 0 spiro atoms. The first-order valence-electron chi connectivity index (χ1n) is 10.4. The van der Waals surface area contributed by atoms with Crippen molar-refractivity contribution in [2.75, 3.05) is 31.3 Å². The summed E-state index contributed by atoms with van der Waals surface area (Å²) in [6.07, 6.45) is 2.32. The molecule has 2 aliphatic rings. The van der Waals surface area contributed by atoms with Crippen LogP contribution in [-0.2, 0) is 19.4 Å². The largest absolute Gasteiger partial charge is 0.484 e. The van der Waals surface area contributed by atoms with Crippen LogP contribution in [0.5, 0.6) is 5.75 Å². The fourth-order valence-electron chi connectivity index (χ4n) is 4.09. The number of nitrogens with zero attached hydrogens (tertiary/aromatic N) is 1. The van der Waals surface area contributed by atoms with Gasteiger partial charge in [-0.15, -0.1) is 0 Å². The summed E-state index contributed by atoms with van der Waals surface area (Å²) < 4.78 is 35.3. The van der Waals surface area contributed by atoms with Crippen LogP contribution >= 0.6 is 0 Å². The van der Waals surface area contributed by atoms with E-state index in [9.17, 15) is 13.2 Å². The molecule has 1 amide bonds. The minimum atomic E-state index is -3.08. The molecule has 2 aromatic rings. The number of carbonyl (C=O) groups is 1. The molecule has 160 valence electrons. The van der Waals surface area contributed by atoms with Crippen molar-refractivity contribution < 1.29 is 22.7 Å². The van der Waals surface area contributed by atoms with Gasteiger partial charge in [-0.25, -0.2) is 8.42 Å². The molecule has 0 aliphatic carbocycles. The van der Waals surface area contributed by atoms with Crippen molar-refractivity contribution in [1.82, 2.24) is 4.90 Å². The van der Waals surface area contributed by atoms with E-state index in [0.717, 1.165) is 24.0 Å². The molecular formula is C23H27NO5S. The molecule has 4 rings (SSSR count). The lowest BCUT2D eigenvalue weighted by Gasteiger charge is -2.30. The van der Waals surface area contributed by atoms with Crippen LogP contribution in [0.1, 0.15) is 19.3 Å². The minimum absolute atomic E-state index is 0.0250. The van der Waals surface area contributed by atoms with Gasteiger partial charge in [-0.3, -0.25) is 4.79 Å². The van der Waals surface area contributed by atoms with E-state index in [0.29, 0.717) is 25.3 Å². The SMILES string of the molecule is O=C(COc1ccc(-c2ccccc2)cc1)N(C[C@H]1CCCO1)[C@H]1CCS(=O)(=O)C1. The van der Waals surface area contributed by atoms with E-state index in [1.807, 2.05) is 54.6 Å². The van der Waals surface area contributed by atoms with Gasteiger partial charge in [0.15, 0.2) is 16.4 Å². The number of rotatable bonds is 7. The van der Waals surface area contributed by atoms with Gasteiger partial charge in [0.1, 0.15) is 5.75 Å². The van der Waals surface area contributed by atoms with Gasteiger partial charge < -0.3 is 14.4 Å². The molecule has 0 bridgehead atoms. The number of hydrogen-bond donors (Lipinski definition) is 0. The van der Waals surface area contributed by atoms with E-state index in [4.69, 9.17) is 9.47 Å². The number of hydrogen-bond acceptors (Lipinski definition) is 5. The highest BCUT2D eigenvalue weighted by atomic mass is 32.2. The van der Waals surface area contributed by atoms with Gasteiger partial charge in [0.25, 0.3) is 5.91 Å². The van der Waals surface area contributed by atoms with Crippen LogP contribution in [0.2, 0.25) is 0 Å². The van der Waals surface area contributed by atoms with Gasteiger partial charge in [-0.05, 0) is 42.5 Å². The van der Waals surface area contributed by atoms with Gasteiger partial charge >= 0.3 is 0 Å². The fourth-order valence-corrected chi connectivity index (χ4v) is 5.82. The Balaban J connectivity index is 1.39. The molecule has 6 nitrogen and oxygen atoms in total. The summed E-state index contributed by atoms with van der Waals surface area (Å²) in [6.45, 7) is 1.00. The maximum atomic E-state index is 12.9.